The van der Waals surface area contributed by atoms with E-state index < -0.39 is 11.7 Å². The van der Waals surface area contributed by atoms with E-state index in [1.165, 1.54) is 0 Å². The van der Waals surface area contributed by atoms with Crippen LogP contribution in [0.2, 0.25) is 0 Å². The maximum absolute atomic E-state index is 12.6. The second-order valence-corrected chi connectivity index (χ2v) is 7.05. The summed E-state index contributed by atoms with van der Waals surface area (Å²) in [5.74, 6) is -0.0752. The smallest absolute Gasteiger partial charge is 0.417 e. The van der Waals surface area contributed by atoms with Gasteiger partial charge in [0, 0.05) is 36.7 Å². The Kier molecular flexibility index (Phi) is 5.45. The van der Waals surface area contributed by atoms with Crippen LogP contribution >= 0.6 is 0 Å². The van der Waals surface area contributed by atoms with E-state index in [2.05, 4.69) is 20.6 Å². The lowest BCUT2D eigenvalue weighted by molar-refractivity contribution is -0.137. The van der Waals surface area contributed by atoms with Crippen LogP contribution in [0.1, 0.15) is 28.9 Å². The number of halogens is 3. The Morgan fingerprint density at radius 3 is 2.71 bits per heavy atom. The van der Waals surface area contributed by atoms with Gasteiger partial charge in [-0.15, -0.1) is 0 Å². The molecule has 0 saturated carbocycles. The van der Waals surface area contributed by atoms with Crippen molar-refractivity contribution in [1.82, 2.24) is 20.6 Å². The predicted molar refractivity (Wildman–Crippen MR) is 105 cm³/mol. The molecule has 0 radical (unpaired) electrons. The zero-order valence-electron chi connectivity index (χ0n) is 16.1. The summed E-state index contributed by atoms with van der Waals surface area (Å²) in [7, 11) is 0. The second-order valence-electron chi connectivity index (χ2n) is 7.05. The number of amides is 2. The van der Waals surface area contributed by atoms with Crippen LogP contribution in [-0.2, 0) is 11.0 Å². The summed E-state index contributed by atoms with van der Waals surface area (Å²) in [5.41, 5.74) is -0.0967. The number of alkyl halides is 3. The Hall–Kier alpha value is -3.69. The monoisotopic (exact) mass is 430 g/mol. The number of benzene rings is 1. The first-order valence-corrected chi connectivity index (χ1v) is 9.47. The molecule has 3 aromatic rings. The van der Waals surface area contributed by atoms with Crippen LogP contribution in [0.4, 0.5) is 13.2 Å². The summed E-state index contributed by atoms with van der Waals surface area (Å²) < 4.78 is 43.4. The lowest BCUT2D eigenvalue weighted by atomic mass is 10.1. The number of fused-ring (bicyclic) bond motifs is 1. The molecule has 1 aromatic carbocycles. The number of ether oxygens (including phenoxy) is 1. The van der Waals surface area contributed by atoms with Crippen molar-refractivity contribution in [2.45, 2.75) is 25.1 Å². The molecule has 160 valence electrons. The molecule has 31 heavy (non-hydrogen) atoms. The number of hydrogen-bond acceptors (Lipinski definition) is 5. The minimum absolute atomic E-state index is 0.0211. The fraction of sp³-hybridized carbons (Fsp3) is 0.238. The first-order chi connectivity index (χ1) is 14.8. The predicted octanol–water partition coefficient (Wildman–Crippen LogP) is 3.45. The third-order valence-electron chi connectivity index (χ3n) is 4.76. The van der Waals surface area contributed by atoms with E-state index in [9.17, 15) is 22.8 Å². The topological polar surface area (TPSA) is 93.2 Å². The molecule has 1 atom stereocenters. The summed E-state index contributed by atoms with van der Waals surface area (Å²) in [6.45, 7) is 0.519. The molecule has 0 bridgehead atoms. The van der Waals surface area contributed by atoms with Gasteiger partial charge in [-0.3, -0.25) is 9.59 Å². The Bertz CT molecular complexity index is 1130. The van der Waals surface area contributed by atoms with Gasteiger partial charge in [0.05, 0.1) is 11.1 Å². The van der Waals surface area contributed by atoms with Gasteiger partial charge in [-0.1, -0.05) is 6.07 Å². The first-order valence-electron chi connectivity index (χ1n) is 9.47. The van der Waals surface area contributed by atoms with E-state index >= 15 is 0 Å². The van der Waals surface area contributed by atoms with E-state index in [0.29, 0.717) is 35.8 Å². The minimum atomic E-state index is -4.46. The number of aromatic nitrogens is 2. The Morgan fingerprint density at radius 1 is 1.16 bits per heavy atom. The molecule has 1 aliphatic rings. The Morgan fingerprint density at radius 2 is 2.00 bits per heavy atom. The molecule has 1 saturated heterocycles. The summed E-state index contributed by atoms with van der Waals surface area (Å²) >= 11 is 0. The third-order valence-corrected chi connectivity index (χ3v) is 4.76. The maximum atomic E-state index is 12.6. The molecule has 2 N–H and O–H groups in total. The van der Waals surface area contributed by atoms with Crippen LogP contribution in [0.3, 0.4) is 0 Å². The summed E-state index contributed by atoms with van der Waals surface area (Å²) in [4.78, 5) is 31.9. The van der Waals surface area contributed by atoms with Crippen LogP contribution in [0.15, 0.2) is 48.7 Å². The van der Waals surface area contributed by atoms with Crippen molar-refractivity contribution in [1.29, 1.82) is 0 Å². The maximum Gasteiger partial charge on any atom is 0.417 e. The number of rotatable bonds is 4. The van der Waals surface area contributed by atoms with Crippen molar-refractivity contribution >= 4 is 22.7 Å². The van der Waals surface area contributed by atoms with Crippen LogP contribution in [0.25, 0.3) is 10.9 Å². The molecule has 3 heterocycles. The van der Waals surface area contributed by atoms with Crippen molar-refractivity contribution in [3.63, 3.8) is 0 Å². The van der Waals surface area contributed by atoms with Crippen LogP contribution < -0.4 is 15.4 Å². The zero-order valence-corrected chi connectivity index (χ0v) is 16.1. The van der Waals surface area contributed by atoms with Crippen LogP contribution in [-0.4, -0.2) is 34.4 Å². The molecule has 1 aliphatic heterocycles. The van der Waals surface area contributed by atoms with Crippen LogP contribution in [0.5, 0.6) is 11.6 Å². The molecule has 1 fully saturated rings. The van der Waals surface area contributed by atoms with Gasteiger partial charge in [-0.2, -0.15) is 13.2 Å². The van der Waals surface area contributed by atoms with Crippen molar-refractivity contribution in [3.8, 4) is 11.6 Å². The highest BCUT2D eigenvalue weighted by molar-refractivity contribution is 5.95. The normalized spacial score (nSPS) is 16.6. The average Bonchev–Trinajstić information content (AvgIpc) is 2.73. The molecule has 10 heteroatoms. The fourth-order valence-electron chi connectivity index (χ4n) is 3.19. The van der Waals surface area contributed by atoms with Gasteiger partial charge in [-0.05, 0) is 36.8 Å². The number of nitrogens with one attached hydrogen (secondary N) is 2. The van der Waals surface area contributed by atoms with Gasteiger partial charge in [0.25, 0.3) is 5.91 Å². The molecule has 2 aromatic heterocycles. The van der Waals surface area contributed by atoms with E-state index in [0.717, 1.165) is 12.1 Å². The van der Waals surface area contributed by atoms with Gasteiger partial charge in [0.15, 0.2) is 0 Å². The highest BCUT2D eigenvalue weighted by Gasteiger charge is 2.30. The fourth-order valence-corrected chi connectivity index (χ4v) is 3.19. The molecular weight excluding hydrogens is 413 g/mol. The molecule has 0 aliphatic carbocycles. The molecule has 7 nitrogen and oxygen atoms in total. The highest BCUT2D eigenvalue weighted by atomic mass is 19.4. The number of nitrogens with zero attached hydrogens (tertiary/aromatic N) is 2. The summed E-state index contributed by atoms with van der Waals surface area (Å²) in [5, 5.41) is 6.20. The second kappa shape index (κ2) is 8.21. The van der Waals surface area contributed by atoms with Gasteiger partial charge in [0.2, 0.25) is 11.8 Å². The van der Waals surface area contributed by atoms with E-state index in [1.807, 2.05) is 0 Å². The lowest BCUT2D eigenvalue weighted by Gasteiger charge is -2.22. The minimum Gasteiger partial charge on any atom is -0.439 e. The van der Waals surface area contributed by atoms with E-state index in [4.69, 9.17) is 4.74 Å². The third kappa shape index (κ3) is 4.90. The van der Waals surface area contributed by atoms with Gasteiger partial charge in [-0.25, -0.2) is 9.97 Å². The Balaban J connectivity index is 1.46. The number of carbonyl (C=O) groups excluding carboxylic acids is 2. The molecule has 2 amide bonds. The number of hydrogen-bond donors (Lipinski definition) is 2. The van der Waals surface area contributed by atoms with E-state index in [-0.39, 0.29) is 35.9 Å². The number of pyridine rings is 2. The van der Waals surface area contributed by atoms with Crippen molar-refractivity contribution in [3.05, 3.63) is 59.9 Å². The summed E-state index contributed by atoms with van der Waals surface area (Å²) in [6.07, 6.45) is -2.87. The van der Waals surface area contributed by atoms with Gasteiger partial charge < -0.3 is 15.4 Å². The van der Waals surface area contributed by atoms with Crippen molar-refractivity contribution in [2.75, 3.05) is 6.54 Å². The van der Waals surface area contributed by atoms with E-state index in [1.54, 1.807) is 30.3 Å². The number of carbonyl (C=O) groups is 2. The standard InChI is InChI=1S/C21H17F3N4O3/c22-21(23,24)13-2-6-19(26-11-13)31-15-3-5-16-12(9-15)1-4-17(28-16)20(30)27-14-7-8-25-18(29)10-14/h1-6,9,11,14H,7-8,10H2,(H,25,29)(H,27,30). The number of piperidine rings is 1. The summed E-state index contributed by atoms with van der Waals surface area (Å²) in [6, 6.07) is 9.93. The quantitative estimate of drug-likeness (QED) is 0.662. The average molecular weight is 430 g/mol. The van der Waals surface area contributed by atoms with Crippen LogP contribution in [0, 0.1) is 0 Å². The van der Waals surface area contributed by atoms with Crippen molar-refractivity contribution in [2.24, 2.45) is 0 Å². The lowest BCUT2D eigenvalue weighted by Crippen LogP contribution is -2.45. The highest BCUT2D eigenvalue weighted by Crippen LogP contribution is 2.30. The van der Waals surface area contributed by atoms with Gasteiger partial charge >= 0.3 is 6.18 Å². The molecule has 1 unspecified atom stereocenters. The molecular formula is C21H17F3N4O3. The molecule has 4 rings (SSSR count). The first kappa shape index (κ1) is 20.6. The zero-order chi connectivity index (χ0) is 22.0. The van der Waals surface area contributed by atoms with Crippen molar-refractivity contribution < 1.29 is 27.5 Å². The Labute approximate surface area is 174 Å². The largest absolute Gasteiger partial charge is 0.439 e. The van der Waals surface area contributed by atoms with Gasteiger partial charge in [0.1, 0.15) is 11.4 Å². The molecule has 0 spiro atoms. The SMILES string of the molecule is O=C1CC(NC(=O)c2ccc3cc(Oc4ccc(C(F)(F)F)cn4)ccc3n2)CCN1.